The van der Waals surface area contributed by atoms with E-state index < -0.39 is 6.04 Å². The van der Waals surface area contributed by atoms with E-state index in [1.54, 1.807) is 11.3 Å². The Morgan fingerprint density at radius 2 is 2.19 bits per heavy atom. The standard InChI is InChI=1S/C15H23N3O2S/c1-9-8-12(11(3)21-9)10(2)17-15(20)18-13-6-4-5-7-16-14(13)19/h8,10,13H,4-7H2,1-3H3,(H,16,19)(H2,17,18,20). The average molecular weight is 309 g/mol. The summed E-state index contributed by atoms with van der Waals surface area (Å²) in [6.07, 6.45) is 2.61. The predicted molar refractivity (Wildman–Crippen MR) is 84.5 cm³/mol. The summed E-state index contributed by atoms with van der Waals surface area (Å²) in [7, 11) is 0. The SMILES string of the molecule is Cc1cc(C(C)NC(=O)NC2CCCCNC2=O)c(C)s1. The number of urea groups is 1. The van der Waals surface area contributed by atoms with Gasteiger partial charge in [-0.1, -0.05) is 0 Å². The molecule has 1 saturated heterocycles. The molecular formula is C15H23N3O2S. The molecular weight excluding hydrogens is 286 g/mol. The topological polar surface area (TPSA) is 70.2 Å². The molecule has 1 aliphatic rings. The van der Waals surface area contributed by atoms with Gasteiger partial charge in [-0.15, -0.1) is 11.3 Å². The lowest BCUT2D eigenvalue weighted by Gasteiger charge is -2.19. The summed E-state index contributed by atoms with van der Waals surface area (Å²) in [5.74, 6) is -0.0853. The molecule has 116 valence electrons. The molecule has 2 unspecified atom stereocenters. The lowest BCUT2D eigenvalue weighted by molar-refractivity contribution is -0.122. The second-order valence-corrected chi connectivity index (χ2v) is 7.01. The molecule has 0 spiro atoms. The number of thiophene rings is 1. The quantitative estimate of drug-likeness (QED) is 0.802. The number of carbonyl (C=O) groups excluding carboxylic acids is 2. The van der Waals surface area contributed by atoms with Gasteiger partial charge in [0.15, 0.2) is 0 Å². The number of amides is 3. The number of hydrogen-bond acceptors (Lipinski definition) is 3. The highest BCUT2D eigenvalue weighted by atomic mass is 32.1. The number of hydrogen-bond donors (Lipinski definition) is 3. The summed E-state index contributed by atoms with van der Waals surface area (Å²) < 4.78 is 0. The first-order valence-electron chi connectivity index (χ1n) is 7.39. The molecule has 21 heavy (non-hydrogen) atoms. The highest BCUT2D eigenvalue weighted by molar-refractivity contribution is 7.12. The lowest BCUT2D eigenvalue weighted by atomic mass is 10.1. The first-order valence-corrected chi connectivity index (χ1v) is 8.20. The predicted octanol–water partition coefficient (Wildman–Crippen LogP) is 2.39. The Kier molecular flexibility index (Phi) is 5.22. The van der Waals surface area contributed by atoms with Gasteiger partial charge in [-0.05, 0) is 51.7 Å². The summed E-state index contributed by atoms with van der Waals surface area (Å²) in [4.78, 5) is 26.3. The lowest BCUT2D eigenvalue weighted by Crippen LogP contribution is -2.49. The normalized spacial score (nSPS) is 20.3. The van der Waals surface area contributed by atoms with Gasteiger partial charge in [-0.2, -0.15) is 0 Å². The minimum absolute atomic E-state index is 0.0659. The van der Waals surface area contributed by atoms with Crippen LogP contribution in [0.5, 0.6) is 0 Å². The largest absolute Gasteiger partial charge is 0.354 e. The zero-order valence-electron chi connectivity index (χ0n) is 12.8. The fraction of sp³-hybridized carbons (Fsp3) is 0.600. The molecule has 0 radical (unpaired) electrons. The van der Waals surface area contributed by atoms with E-state index in [9.17, 15) is 9.59 Å². The van der Waals surface area contributed by atoms with Gasteiger partial charge in [-0.3, -0.25) is 4.79 Å². The minimum Gasteiger partial charge on any atom is -0.354 e. The van der Waals surface area contributed by atoms with Crippen molar-refractivity contribution >= 4 is 23.3 Å². The molecule has 2 heterocycles. The summed E-state index contributed by atoms with van der Waals surface area (Å²) in [6.45, 7) is 6.77. The molecule has 0 aromatic carbocycles. The van der Waals surface area contributed by atoms with E-state index in [2.05, 4.69) is 35.9 Å². The van der Waals surface area contributed by atoms with Gasteiger partial charge in [-0.25, -0.2) is 4.79 Å². The summed E-state index contributed by atoms with van der Waals surface area (Å²) in [5, 5.41) is 8.51. The van der Waals surface area contributed by atoms with E-state index in [1.807, 2.05) is 6.92 Å². The van der Waals surface area contributed by atoms with Crippen molar-refractivity contribution in [3.8, 4) is 0 Å². The van der Waals surface area contributed by atoms with Crippen molar-refractivity contribution in [1.29, 1.82) is 0 Å². The molecule has 3 amide bonds. The van der Waals surface area contributed by atoms with Gasteiger partial charge in [0.25, 0.3) is 0 Å². The molecule has 1 fully saturated rings. The van der Waals surface area contributed by atoms with E-state index in [0.29, 0.717) is 13.0 Å². The molecule has 2 atom stereocenters. The van der Waals surface area contributed by atoms with Crippen LogP contribution in [0.2, 0.25) is 0 Å². The summed E-state index contributed by atoms with van der Waals surface area (Å²) in [6, 6.07) is 1.32. The number of carbonyl (C=O) groups is 2. The van der Waals surface area contributed by atoms with E-state index >= 15 is 0 Å². The molecule has 3 N–H and O–H groups in total. The van der Waals surface area contributed by atoms with Crippen molar-refractivity contribution in [3.05, 3.63) is 21.4 Å². The van der Waals surface area contributed by atoms with Crippen LogP contribution in [0.3, 0.4) is 0 Å². The number of rotatable bonds is 3. The Morgan fingerprint density at radius 1 is 1.43 bits per heavy atom. The Balaban J connectivity index is 1.91. The van der Waals surface area contributed by atoms with Crippen LogP contribution >= 0.6 is 11.3 Å². The van der Waals surface area contributed by atoms with Gasteiger partial charge in [0, 0.05) is 16.3 Å². The maximum absolute atomic E-state index is 12.1. The first-order chi connectivity index (χ1) is 9.97. The Morgan fingerprint density at radius 3 is 2.86 bits per heavy atom. The minimum atomic E-state index is -0.426. The molecule has 5 nitrogen and oxygen atoms in total. The second-order valence-electron chi connectivity index (χ2n) is 5.55. The van der Waals surface area contributed by atoms with Gasteiger partial charge in [0.05, 0.1) is 6.04 Å². The third-order valence-electron chi connectivity index (χ3n) is 3.73. The van der Waals surface area contributed by atoms with Crippen molar-refractivity contribution in [2.75, 3.05) is 6.54 Å². The summed E-state index contributed by atoms with van der Waals surface area (Å²) >= 11 is 1.73. The number of aryl methyl sites for hydroxylation is 2. The Hall–Kier alpha value is -1.56. The third-order valence-corrected chi connectivity index (χ3v) is 4.72. The monoisotopic (exact) mass is 309 g/mol. The van der Waals surface area contributed by atoms with Crippen LogP contribution in [0.4, 0.5) is 4.79 Å². The second kappa shape index (κ2) is 6.93. The average Bonchev–Trinajstić information content (AvgIpc) is 2.62. The van der Waals surface area contributed by atoms with Crippen LogP contribution in [0.25, 0.3) is 0 Å². The van der Waals surface area contributed by atoms with Crippen LogP contribution in [-0.2, 0) is 4.79 Å². The van der Waals surface area contributed by atoms with Crippen molar-refractivity contribution in [3.63, 3.8) is 0 Å². The molecule has 1 aromatic heterocycles. The van der Waals surface area contributed by atoms with Gasteiger partial charge in [0.1, 0.15) is 6.04 Å². The van der Waals surface area contributed by atoms with E-state index in [-0.39, 0.29) is 18.0 Å². The third kappa shape index (κ3) is 4.20. The first kappa shape index (κ1) is 15.8. The van der Waals surface area contributed by atoms with E-state index in [0.717, 1.165) is 18.4 Å². The van der Waals surface area contributed by atoms with Gasteiger partial charge in [0.2, 0.25) is 5.91 Å². The van der Waals surface area contributed by atoms with Crippen molar-refractivity contribution < 1.29 is 9.59 Å². The molecule has 1 aromatic rings. The van der Waals surface area contributed by atoms with E-state index in [4.69, 9.17) is 0 Å². The maximum Gasteiger partial charge on any atom is 0.315 e. The Bertz CT molecular complexity index is 527. The van der Waals surface area contributed by atoms with Crippen molar-refractivity contribution in [2.45, 2.75) is 52.1 Å². The summed E-state index contributed by atoms with van der Waals surface area (Å²) in [5.41, 5.74) is 1.14. The van der Waals surface area contributed by atoms with Gasteiger partial charge >= 0.3 is 6.03 Å². The van der Waals surface area contributed by atoms with Crippen LogP contribution < -0.4 is 16.0 Å². The molecule has 0 aliphatic carbocycles. The maximum atomic E-state index is 12.1. The van der Waals surface area contributed by atoms with Crippen LogP contribution in [0, 0.1) is 13.8 Å². The van der Waals surface area contributed by atoms with Crippen molar-refractivity contribution in [1.82, 2.24) is 16.0 Å². The van der Waals surface area contributed by atoms with Crippen LogP contribution in [0.1, 0.15) is 47.5 Å². The molecule has 0 saturated carbocycles. The van der Waals surface area contributed by atoms with E-state index in [1.165, 1.54) is 9.75 Å². The fourth-order valence-electron chi connectivity index (χ4n) is 2.63. The molecule has 6 heteroatoms. The molecule has 0 bridgehead atoms. The number of nitrogens with one attached hydrogen (secondary N) is 3. The fourth-order valence-corrected chi connectivity index (χ4v) is 3.65. The highest BCUT2D eigenvalue weighted by Gasteiger charge is 2.23. The van der Waals surface area contributed by atoms with Gasteiger partial charge < -0.3 is 16.0 Å². The highest BCUT2D eigenvalue weighted by Crippen LogP contribution is 2.26. The van der Waals surface area contributed by atoms with Crippen molar-refractivity contribution in [2.24, 2.45) is 0 Å². The zero-order valence-corrected chi connectivity index (χ0v) is 13.6. The van der Waals surface area contributed by atoms with Crippen LogP contribution in [0.15, 0.2) is 6.07 Å². The van der Waals surface area contributed by atoms with Crippen LogP contribution in [-0.4, -0.2) is 24.5 Å². The Labute approximate surface area is 129 Å². The zero-order chi connectivity index (χ0) is 15.4. The smallest absolute Gasteiger partial charge is 0.315 e. The molecule has 2 rings (SSSR count). The molecule has 1 aliphatic heterocycles.